The highest BCUT2D eigenvalue weighted by atomic mass is 16.5. The molecule has 0 rings (SSSR count). The van der Waals surface area contributed by atoms with Crippen molar-refractivity contribution in [1.29, 1.82) is 0 Å². The summed E-state index contributed by atoms with van der Waals surface area (Å²) >= 11 is 0. The van der Waals surface area contributed by atoms with Gasteiger partial charge in [-0.3, -0.25) is 0 Å². The van der Waals surface area contributed by atoms with E-state index in [1.807, 2.05) is 0 Å². The number of carboxylic acid groups (broad SMARTS) is 1. The fraction of sp³-hybridized carbons (Fsp3) is 0.667. The summed E-state index contributed by atoms with van der Waals surface area (Å²) in [4.78, 5) is 20.0. The van der Waals surface area contributed by atoms with Crippen LogP contribution in [-0.2, 0) is 14.3 Å². The molecule has 0 aromatic rings. The molecule has 2 N–H and O–H groups in total. The summed E-state index contributed by atoms with van der Waals surface area (Å²) in [6.07, 6.45) is 0.669. The maximum atomic E-state index is 10.1. The molecule has 64 valence electrons. The molecule has 0 unspecified atom stereocenters. The number of rotatable bonds is 6. The summed E-state index contributed by atoms with van der Waals surface area (Å²) in [6, 6.07) is -0.422. The van der Waals surface area contributed by atoms with Gasteiger partial charge in [0, 0.05) is 0 Å². The van der Waals surface area contributed by atoms with Crippen LogP contribution in [0.4, 0.5) is 0 Å². The number of aldehydes is 1. The molecule has 1 atom stereocenters. The monoisotopic (exact) mass is 161 g/mol. The predicted octanol–water partition coefficient (Wildman–Crippen LogP) is -1.13. The SMILES string of the molecule is CN[C@H](C=O)COCC(=O)O. The van der Waals surface area contributed by atoms with Crippen LogP contribution in [0.15, 0.2) is 0 Å². The van der Waals surface area contributed by atoms with Gasteiger partial charge in [-0.1, -0.05) is 0 Å². The number of ether oxygens (including phenoxy) is 1. The van der Waals surface area contributed by atoms with Gasteiger partial charge in [-0.05, 0) is 7.05 Å². The molecule has 0 aliphatic rings. The number of carboxylic acids is 1. The van der Waals surface area contributed by atoms with Crippen molar-refractivity contribution in [2.75, 3.05) is 20.3 Å². The average molecular weight is 161 g/mol. The number of likely N-dealkylation sites (N-methyl/N-ethyl adjacent to an activating group) is 1. The summed E-state index contributed by atoms with van der Waals surface area (Å²) in [6.45, 7) is -0.279. The topological polar surface area (TPSA) is 75.6 Å². The molecule has 0 aromatic heterocycles. The Hall–Kier alpha value is -0.940. The lowest BCUT2D eigenvalue weighted by Gasteiger charge is -2.07. The summed E-state index contributed by atoms with van der Waals surface area (Å²) < 4.78 is 4.65. The Morgan fingerprint density at radius 3 is 2.82 bits per heavy atom. The molecular weight excluding hydrogens is 150 g/mol. The van der Waals surface area contributed by atoms with Crippen molar-refractivity contribution in [3.8, 4) is 0 Å². The fourth-order valence-corrected chi connectivity index (χ4v) is 0.464. The molecule has 0 saturated heterocycles. The Kier molecular flexibility index (Phi) is 5.32. The Bertz CT molecular complexity index is 137. The van der Waals surface area contributed by atoms with Crippen LogP contribution in [0.25, 0.3) is 0 Å². The van der Waals surface area contributed by atoms with Crippen molar-refractivity contribution in [2.45, 2.75) is 6.04 Å². The van der Waals surface area contributed by atoms with Gasteiger partial charge < -0.3 is 20.0 Å². The van der Waals surface area contributed by atoms with E-state index in [4.69, 9.17) is 5.11 Å². The van der Waals surface area contributed by atoms with E-state index in [-0.39, 0.29) is 13.2 Å². The van der Waals surface area contributed by atoms with E-state index in [1.165, 1.54) is 0 Å². The lowest BCUT2D eigenvalue weighted by Crippen LogP contribution is -2.32. The van der Waals surface area contributed by atoms with Crippen LogP contribution in [-0.4, -0.2) is 43.7 Å². The highest BCUT2D eigenvalue weighted by molar-refractivity contribution is 5.68. The zero-order valence-electron chi connectivity index (χ0n) is 6.24. The van der Waals surface area contributed by atoms with Crippen molar-refractivity contribution in [3.63, 3.8) is 0 Å². The van der Waals surface area contributed by atoms with Crippen molar-refractivity contribution in [2.24, 2.45) is 0 Å². The lowest BCUT2D eigenvalue weighted by atomic mass is 10.4. The van der Waals surface area contributed by atoms with Crippen LogP contribution in [0.5, 0.6) is 0 Å². The molecule has 0 radical (unpaired) electrons. The van der Waals surface area contributed by atoms with Gasteiger partial charge in [-0.25, -0.2) is 4.79 Å². The lowest BCUT2D eigenvalue weighted by molar-refractivity contribution is -0.142. The highest BCUT2D eigenvalue weighted by Crippen LogP contribution is 1.80. The molecule has 0 heterocycles. The average Bonchev–Trinajstić information content (AvgIpc) is 1.98. The van der Waals surface area contributed by atoms with E-state index in [0.717, 1.165) is 0 Å². The van der Waals surface area contributed by atoms with Gasteiger partial charge in [-0.15, -0.1) is 0 Å². The molecule has 0 saturated carbocycles. The second-order valence-electron chi connectivity index (χ2n) is 1.94. The smallest absolute Gasteiger partial charge is 0.329 e. The molecule has 5 heteroatoms. The van der Waals surface area contributed by atoms with Crippen LogP contribution < -0.4 is 5.32 Å². The first-order valence-corrected chi connectivity index (χ1v) is 3.12. The Labute approximate surface area is 64.3 Å². The number of carbonyl (C=O) groups is 2. The van der Waals surface area contributed by atoms with Gasteiger partial charge in [0.25, 0.3) is 0 Å². The molecule has 0 aliphatic heterocycles. The first-order valence-electron chi connectivity index (χ1n) is 3.12. The second kappa shape index (κ2) is 5.82. The third kappa shape index (κ3) is 5.50. The quantitative estimate of drug-likeness (QED) is 0.482. The summed E-state index contributed by atoms with van der Waals surface area (Å²) in [5.41, 5.74) is 0. The maximum Gasteiger partial charge on any atom is 0.329 e. The fourth-order valence-electron chi connectivity index (χ4n) is 0.464. The van der Waals surface area contributed by atoms with Gasteiger partial charge >= 0.3 is 5.97 Å². The Morgan fingerprint density at radius 2 is 2.45 bits per heavy atom. The van der Waals surface area contributed by atoms with Gasteiger partial charge in [0.2, 0.25) is 0 Å². The van der Waals surface area contributed by atoms with Crippen molar-refractivity contribution in [1.82, 2.24) is 5.32 Å². The number of aliphatic carboxylic acids is 1. The minimum atomic E-state index is -1.04. The summed E-state index contributed by atoms with van der Waals surface area (Å²) in [7, 11) is 1.60. The molecule has 5 nitrogen and oxygen atoms in total. The van der Waals surface area contributed by atoms with E-state index in [0.29, 0.717) is 6.29 Å². The summed E-state index contributed by atoms with van der Waals surface area (Å²) in [5, 5.41) is 10.8. The zero-order chi connectivity index (χ0) is 8.69. The van der Waals surface area contributed by atoms with E-state index in [1.54, 1.807) is 7.05 Å². The molecule has 0 aliphatic carbocycles. The molecule has 0 aromatic carbocycles. The number of hydrogen-bond donors (Lipinski definition) is 2. The predicted molar refractivity (Wildman–Crippen MR) is 37.4 cm³/mol. The van der Waals surface area contributed by atoms with Crippen LogP contribution >= 0.6 is 0 Å². The summed E-state index contributed by atoms with van der Waals surface area (Å²) in [5.74, 6) is -1.04. The van der Waals surface area contributed by atoms with Gasteiger partial charge in [0.05, 0.1) is 12.6 Å². The minimum Gasteiger partial charge on any atom is -0.480 e. The number of carbonyl (C=O) groups excluding carboxylic acids is 1. The third-order valence-electron chi connectivity index (χ3n) is 1.06. The molecule has 0 amide bonds. The van der Waals surface area contributed by atoms with Crippen molar-refractivity contribution < 1.29 is 19.4 Å². The second-order valence-corrected chi connectivity index (χ2v) is 1.94. The largest absolute Gasteiger partial charge is 0.480 e. The molecule has 11 heavy (non-hydrogen) atoms. The van der Waals surface area contributed by atoms with E-state index in [9.17, 15) is 9.59 Å². The van der Waals surface area contributed by atoms with Crippen LogP contribution in [0.2, 0.25) is 0 Å². The van der Waals surface area contributed by atoms with Gasteiger partial charge in [-0.2, -0.15) is 0 Å². The van der Waals surface area contributed by atoms with Crippen molar-refractivity contribution >= 4 is 12.3 Å². The zero-order valence-corrected chi connectivity index (χ0v) is 6.24. The number of hydrogen-bond acceptors (Lipinski definition) is 4. The Morgan fingerprint density at radius 1 is 1.82 bits per heavy atom. The van der Waals surface area contributed by atoms with Gasteiger partial charge in [0.1, 0.15) is 12.9 Å². The van der Waals surface area contributed by atoms with Gasteiger partial charge in [0.15, 0.2) is 0 Å². The van der Waals surface area contributed by atoms with Crippen molar-refractivity contribution in [3.05, 3.63) is 0 Å². The molecule has 0 spiro atoms. The molecule has 0 bridgehead atoms. The normalized spacial score (nSPS) is 12.5. The Balaban J connectivity index is 3.35. The van der Waals surface area contributed by atoms with Crippen LogP contribution in [0.1, 0.15) is 0 Å². The van der Waals surface area contributed by atoms with Crippen LogP contribution in [0.3, 0.4) is 0 Å². The highest BCUT2D eigenvalue weighted by Gasteiger charge is 2.04. The molecular formula is C6H11NO4. The number of nitrogens with one attached hydrogen (secondary N) is 1. The first kappa shape index (κ1) is 10.1. The maximum absolute atomic E-state index is 10.1. The molecule has 0 fully saturated rings. The van der Waals surface area contributed by atoms with E-state index >= 15 is 0 Å². The minimum absolute atomic E-state index is 0.0896. The van der Waals surface area contributed by atoms with E-state index in [2.05, 4.69) is 10.1 Å². The standard InChI is InChI=1S/C6H11NO4/c1-7-5(2-8)3-11-4-6(9)10/h2,5,7H,3-4H2,1H3,(H,9,10)/t5-/m1/s1. The van der Waals surface area contributed by atoms with Crippen LogP contribution in [0, 0.1) is 0 Å². The van der Waals surface area contributed by atoms with E-state index < -0.39 is 12.0 Å². The first-order chi connectivity index (χ1) is 5.20. The third-order valence-corrected chi connectivity index (χ3v) is 1.06.